The molecule has 2 rings (SSSR count). The van der Waals surface area contributed by atoms with E-state index in [4.69, 9.17) is 0 Å². The van der Waals surface area contributed by atoms with Crippen molar-refractivity contribution in [1.29, 1.82) is 0 Å². The van der Waals surface area contributed by atoms with Crippen LogP contribution >= 0.6 is 0 Å². The molecule has 116 valence electrons. The molecule has 20 heavy (non-hydrogen) atoms. The van der Waals surface area contributed by atoms with Crippen molar-refractivity contribution in [3.8, 4) is 0 Å². The molecule has 1 N–H and O–H groups in total. The Bertz CT molecular complexity index is 430. The summed E-state index contributed by atoms with van der Waals surface area (Å²) in [6.45, 7) is 2.34. The molecule has 0 aromatic heterocycles. The third-order valence-corrected chi connectivity index (χ3v) is 6.35. The van der Waals surface area contributed by atoms with E-state index in [1.807, 2.05) is 6.92 Å². The lowest BCUT2D eigenvalue weighted by molar-refractivity contribution is -0.125. The molecule has 0 unspecified atom stereocenters. The highest BCUT2D eigenvalue weighted by Crippen LogP contribution is 2.23. The van der Waals surface area contributed by atoms with E-state index >= 15 is 0 Å². The van der Waals surface area contributed by atoms with Crippen LogP contribution in [0.3, 0.4) is 0 Å². The smallest absolute Gasteiger partial charge is 0.238 e. The van der Waals surface area contributed by atoms with Crippen LogP contribution in [0.5, 0.6) is 0 Å². The first-order chi connectivity index (χ1) is 9.54. The third kappa shape index (κ3) is 3.73. The Morgan fingerprint density at radius 2 is 1.85 bits per heavy atom. The van der Waals surface area contributed by atoms with Crippen LogP contribution in [-0.4, -0.2) is 43.0 Å². The maximum absolute atomic E-state index is 12.4. The first-order valence-corrected chi connectivity index (χ1v) is 9.45. The van der Waals surface area contributed by atoms with E-state index in [2.05, 4.69) is 5.32 Å². The molecule has 2 aliphatic rings. The molecule has 1 amide bonds. The van der Waals surface area contributed by atoms with Gasteiger partial charge in [-0.2, -0.15) is 4.31 Å². The summed E-state index contributed by atoms with van der Waals surface area (Å²) in [5.74, 6) is 0.0503. The molecule has 0 spiro atoms. The zero-order valence-corrected chi connectivity index (χ0v) is 13.1. The van der Waals surface area contributed by atoms with Gasteiger partial charge in [-0.25, -0.2) is 8.42 Å². The Morgan fingerprint density at radius 1 is 1.15 bits per heavy atom. The maximum atomic E-state index is 12.4. The summed E-state index contributed by atoms with van der Waals surface area (Å²) in [6, 6.07) is -0.235. The SMILES string of the molecule is CCCS(=O)(=O)N1CCC[C@H]1C(=O)NC1CCCCC1. The van der Waals surface area contributed by atoms with Crippen LogP contribution in [0.25, 0.3) is 0 Å². The van der Waals surface area contributed by atoms with Gasteiger partial charge in [-0.3, -0.25) is 4.79 Å². The standard InChI is InChI=1S/C14H26N2O3S/c1-2-11-20(18,19)16-10-6-9-13(16)14(17)15-12-7-4-3-5-8-12/h12-13H,2-11H2,1H3,(H,15,17)/t13-/m0/s1. The van der Waals surface area contributed by atoms with E-state index < -0.39 is 16.1 Å². The molecule has 1 atom stereocenters. The second-order valence-electron chi connectivity index (χ2n) is 5.93. The number of rotatable bonds is 5. The first kappa shape index (κ1) is 15.8. The molecule has 2 fully saturated rings. The zero-order valence-electron chi connectivity index (χ0n) is 12.3. The van der Waals surface area contributed by atoms with Crippen LogP contribution in [0.2, 0.25) is 0 Å². The second kappa shape index (κ2) is 6.89. The highest BCUT2D eigenvalue weighted by Gasteiger charge is 2.38. The molecule has 0 aromatic rings. The molecule has 1 aliphatic carbocycles. The molecular formula is C14H26N2O3S. The monoisotopic (exact) mass is 302 g/mol. The minimum atomic E-state index is -3.27. The molecule has 0 radical (unpaired) electrons. The normalized spacial score (nSPS) is 25.8. The van der Waals surface area contributed by atoms with Crippen LogP contribution in [-0.2, 0) is 14.8 Å². The fourth-order valence-electron chi connectivity index (χ4n) is 3.25. The number of nitrogens with one attached hydrogen (secondary N) is 1. The van der Waals surface area contributed by atoms with Crippen molar-refractivity contribution in [3.05, 3.63) is 0 Å². The van der Waals surface area contributed by atoms with Crippen molar-refractivity contribution in [3.63, 3.8) is 0 Å². The van der Waals surface area contributed by atoms with Crippen LogP contribution in [0, 0.1) is 0 Å². The van der Waals surface area contributed by atoms with Crippen LogP contribution in [0.4, 0.5) is 0 Å². The molecule has 1 aliphatic heterocycles. The molecule has 1 heterocycles. The molecule has 1 saturated heterocycles. The van der Waals surface area contributed by atoms with Gasteiger partial charge in [0, 0.05) is 12.6 Å². The van der Waals surface area contributed by atoms with Gasteiger partial charge >= 0.3 is 0 Å². The molecule has 5 nitrogen and oxygen atoms in total. The Balaban J connectivity index is 1.97. The van der Waals surface area contributed by atoms with Crippen molar-refractivity contribution < 1.29 is 13.2 Å². The highest BCUT2D eigenvalue weighted by molar-refractivity contribution is 7.89. The lowest BCUT2D eigenvalue weighted by atomic mass is 9.95. The average molecular weight is 302 g/mol. The van der Waals surface area contributed by atoms with Gasteiger partial charge in [-0.05, 0) is 32.1 Å². The Kier molecular flexibility index (Phi) is 5.43. The number of carbonyl (C=O) groups is 1. The summed E-state index contributed by atoms with van der Waals surface area (Å²) in [6.07, 6.45) is 7.65. The first-order valence-electron chi connectivity index (χ1n) is 7.84. The van der Waals surface area contributed by atoms with Crippen molar-refractivity contribution in [2.45, 2.75) is 70.4 Å². The van der Waals surface area contributed by atoms with E-state index in [9.17, 15) is 13.2 Å². The Morgan fingerprint density at radius 3 is 2.50 bits per heavy atom. The summed E-state index contributed by atoms with van der Waals surface area (Å²) >= 11 is 0. The van der Waals surface area contributed by atoms with Crippen LogP contribution in [0.1, 0.15) is 58.3 Å². The lowest BCUT2D eigenvalue weighted by Crippen LogP contribution is -2.49. The van der Waals surface area contributed by atoms with Gasteiger partial charge in [0.15, 0.2) is 0 Å². The molecule has 0 bridgehead atoms. The van der Waals surface area contributed by atoms with E-state index in [1.54, 1.807) is 0 Å². The van der Waals surface area contributed by atoms with E-state index in [-0.39, 0.29) is 17.7 Å². The Hall–Kier alpha value is -0.620. The summed E-state index contributed by atoms with van der Waals surface area (Å²) in [7, 11) is -3.27. The largest absolute Gasteiger partial charge is 0.352 e. The average Bonchev–Trinajstić information content (AvgIpc) is 2.90. The van der Waals surface area contributed by atoms with Gasteiger partial charge in [0.05, 0.1) is 5.75 Å². The molecule has 1 saturated carbocycles. The van der Waals surface area contributed by atoms with Gasteiger partial charge < -0.3 is 5.32 Å². The van der Waals surface area contributed by atoms with Gasteiger partial charge in [0.25, 0.3) is 0 Å². The summed E-state index contributed by atoms with van der Waals surface area (Å²) < 4.78 is 25.8. The summed E-state index contributed by atoms with van der Waals surface area (Å²) in [5, 5.41) is 3.06. The van der Waals surface area contributed by atoms with Gasteiger partial charge in [-0.1, -0.05) is 26.2 Å². The predicted octanol–water partition coefficient (Wildman–Crippen LogP) is 1.64. The minimum Gasteiger partial charge on any atom is -0.352 e. The fourth-order valence-corrected chi connectivity index (χ4v) is 5.00. The third-order valence-electron chi connectivity index (χ3n) is 4.28. The van der Waals surface area contributed by atoms with Gasteiger partial charge in [0.2, 0.25) is 15.9 Å². The molecule has 0 aromatic carbocycles. The number of sulfonamides is 1. The van der Waals surface area contributed by atoms with E-state index in [1.165, 1.54) is 10.7 Å². The number of amides is 1. The number of hydrogen-bond donors (Lipinski definition) is 1. The van der Waals surface area contributed by atoms with Gasteiger partial charge in [0.1, 0.15) is 6.04 Å². The number of carbonyl (C=O) groups excluding carboxylic acids is 1. The molecular weight excluding hydrogens is 276 g/mol. The van der Waals surface area contributed by atoms with Gasteiger partial charge in [-0.15, -0.1) is 0 Å². The quantitative estimate of drug-likeness (QED) is 0.839. The highest BCUT2D eigenvalue weighted by atomic mass is 32.2. The van der Waals surface area contributed by atoms with Crippen LogP contribution < -0.4 is 5.32 Å². The predicted molar refractivity (Wildman–Crippen MR) is 78.8 cm³/mol. The minimum absolute atomic E-state index is 0.0888. The topological polar surface area (TPSA) is 66.5 Å². The zero-order chi connectivity index (χ0) is 14.6. The second-order valence-corrected chi connectivity index (χ2v) is 7.97. The van der Waals surface area contributed by atoms with Crippen molar-refractivity contribution >= 4 is 15.9 Å². The lowest BCUT2D eigenvalue weighted by Gasteiger charge is -2.27. The summed E-state index contributed by atoms with van der Waals surface area (Å²) in [5.41, 5.74) is 0. The number of nitrogens with zero attached hydrogens (tertiary/aromatic N) is 1. The van der Waals surface area contributed by atoms with E-state index in [0.717, 1.165) is 32.1 Å². The van der Waals surface area contributed by atoms with Crippen molar-refractivity contribution in [2.75, 3.05) is 12.3 Å². The van der Waals surface area contributed by atoms with Crippen molar-refractivity contribution in [1.82, 2.24) is 9.62 Å². The molecule has 6 heteroatoms. The number of hydrogen-bond acceptors (Lipinski definition) is 3. The summed E-state index contributed by atoms with van der Waals surface area (Å²) in [4.78, 5) is 12.4. The Labute approximate surface area is 122 Å². The maximum Gasteiger partial charge on any atom is 0.238 e. The fraction of sp³-hybridized carbons (Fsp3) is 0.929. The van der Waals surface area contributed by atoms with E-state index in [0.29, 0.717) is 19.4 Å². The van der Waals surface area contributed by atoms with Crippen LogP contribution in [0.15, 0.2) is 0 Å². The van der Waals surface area contributed by atoms with Crippen molar-refractivity contribution in [2.24, 2.45) is 0 Å².